The molecule has 2 amide bonds. The zero-order chi connectivity index (χ0) is 18.3. The molecule has 2 aliphatic carbocycles. The molecule has 1 saturated heterocycles. The number of allylic oxidation sites excluding steroid dienone is 2. The average molecular weight is 356 g/mol. The molecular weight excluding hydrogens is 332 g/mol. The van der Waals surface area contributed by atoms with Gasteiger partial charge in [0.2, 0.25) is 11.8 Å². The molecule has 2 N–H and O–H groups in total. The van der Waals surface area contributed by atoms with E-state index in [-0.39, 0.29) is 35.5 Å². The fourth-order valence-corrected chi connectivity index (χ4v) is 4.44. The van der Waals surface area contributed by atoms with E-state index in [0.29, 0.717) is 25.6 Å². The van der Waals surface area contributed by atoms with Gasteiger partial charge >= 0.3 is 0 Å². The molecule has 1 aromatic rings. The van der Waals surface area contributed by atoms with Crippen molar-refractivity contribution in [2.45, 2.75) is 13.0 Å². The van der Waals surface area contributed by atoms with Gasteiger partial charge in [0.25, 0.3) is 0 Å². The van der Waals surface area contributed by atoms with Gasteiger partial charge in [-0.25, -0.2) is 0 Å². The molecule has 8 heteroatoms. The third-order valence-electron chi connectivity index (χ3n) is 5.63. The monoisotopic (exact) mass is 356 g/mol. The van der Waals surface area contributed by atoms with Gasteiger partial charge in [-0.3, -0.25) is 24.2 Å². The molecule has 4 atom stereocenters. The first kappa shape index (κ1) is 16.8. The number of nitrogens with zero attached hydrogens (tertiary/aromatic N) is 4. The van der Waals surface area contributed by atoms with Crippen molar-refractivity contribution in [1.29, 1.82) is 0 Å². The molecule has 4 rings (SSSR count). The van der Waals surface area contributed by atoms with Gasteiger partial charge in [0.05, 0.1) is 18.0 Å². The number of rotatable bonds is 5. The van der Waals surface area contributed by atoms with Crippen molar-refractivity contribution in [2.75, 3.05) is 20.1 Å². The molecule has 2 heterocycles. The summed E-state index contributed by atoms with van der Waals surface area (Å²) in [5.41, 5.74) is 1.05. The molecule has 0 radical (unpaired) electrons. The van der Waals surface area contributed by atoms with Crippen LogP contribution in [0.15, 0.2) is 29.5 Å². The zero-order valence-corrected chi connectivity index (χ0v) is 15.1. The number of carbonyl (C=O) groups is 2. The number of nitrogens with one attached hydrogen (secondary N) is 2. The number of aliphatic imine (C=N–C) groups is 1. The number of likely N-dealkylation sites (tertiary alicyclic amines) is 1. The molecule has 3 aliphatic rings. The summed E-state index contributed by atoms with van der Waals surface area (Å²) in [4.78, 5) is 30.9. The molecule has 138 valence electrons. The quantitative estimate of drug-likeness (QED) is 0.333. The number of hydrogen-bond donors (Lipinski definition) is 2. The van der Waals surface area contributed by atoms with Crippen LogP contribution in [0, 0.1) is 23.7 Å². The predicted molar refractivity (Wildman–Crippen MR) is 95.8 cm³/mol. The van der Waals surface area contributed by atoms with Crippen LogP contribution in [0.3, 0.4) is 0 Å². The van der Waals surface area contributed by atoms with E-state index >= 15 is 0 Å². The standard InChI is InChI=1S/C18H24N6O2/c1-19-18(21-8-11-9-22-23(2)10-11)20-5-6-24-16(25)14-12-3-4-13(7-12)15(14)17(24)26/h3-4,9-10,12-15H,5-8H2,1-2H3,(H2,19,20,21). The summed E-state index contributed by atoms with van der Waals surface area (Å²) in [7, 11) is 3.57. The highest BCUT2D eigenvalue weighted by Crippen LogP contribution is 2.52. The van der Waals surface area contributed by atoms with Crippen LogP contribution in [-0.4, -0.2) is 52.6 Å². The zero-order valence-electron chi connectivity index (χ0n) is 15.1. The second kappa shape index (κ2) is 6.59. The Kier molecular flexibility index (Phi) is 4.26. The van der Waals surface area contributed by atoms with Gasteiger partial charge < -0.3 is 10.6 Å². The topological polar surface area (TPSA) is 91.6 Å². The Morgan fingerprint density at radius 3 is 2.50 bits per heavy atom. The van der Waals surface area contributed by atoms with Gasteiger partial charge in [0.1, 0.15) is 0 Å². The van der Waals surface area contributed by atoms with Crippen molar-refractivity contribution < 1.29 is 9.59 Å². The van der Waals surface area contributed by atoms with E-state index in [1.165, 1.54) is 4.90 Å². The highest BCUT2D eigenvalue weighted by Gasteiger charge is 2.58. The summed E-state index contributed by atoms with van der Waals surface area (Å²) in [6.07, 6.45) is 8.92. The second-order valence-electron chi connectivity index (χ2n) is 7.20. The molecule has 0 spiro atoms. The lowest BCUT2D eigenvalue weighted by Gasteiger charge is -2.18. The van der Waals surface area contributed by atoms with E-state index in [0.717, 1.165) is 12.0 Å². The third kappa shape index (κ3) is 2.79. The number of amides is 2. The van der Waals surface area contributed by atoms with E-state index < -0.39 is 0 Å². The molecule has 8 nitrogen and oxygen atoms in total. The Bertz CT molecular complexity index is 752. The lowest BCUT2D eigenvalue weighted by molar-refractivity contribution is -0.140. The van der Waals surface area contributed by atoms with Gasteiger partial charge in [0, 0.05) is 45.5 Å². The van der Waals surface area contributed by atoms with Crippen molar-refractivity contribution in [1.82, 2.24) is 25.3 Å². The second-order valence-corrected chi connectivity index (χ2v) is 7.20. The largest absolute Gasteiger partial charge is 0.355 e. The molecular formula is C18H24N6O2. The van der Waals surface area contributed by atoms with Crippen LogP contribution in [0.1, 0.15) is 12.0 Å². The van der Waals surface area contributed by atoms with Crippen LogP contribution in [0.4, 0.5) is 0 Å². The van der Waals surface area contributed by atoms with Crippen LogP contribution < -0.4 is 10.6 Å². The summed E-state index contributed by atoms with van der Waals surface area (Å²) in [5.74, 6) is 0.895. The van der Waals surface area contributed by atoms with Crippen molar-refractivity contribution in [3.8, 4) is 0 Å². The Labute approximate surface area is 152 Å². The summed E-state index contributed by atoms with van der Waals surface area (Å²) < 4.78 is 1.75. The highest BCUT2D eigenvalue weighted by molar-refractivity contribution is 6.06. The minimum Gasteiger partial charge on any atom is -0.355 e. The molecule has 4 unspecified atom stereocenters. The van der Waals surface area contributed by atoms with Crippen molar-refractivity contribution >= 4 is 17.8 Å². The minimum atomic E-state index is -0.125. The van der Waals surface area contributed by atoms with Crippen LogP contribution >= 0.6 is 0 Å². The smallest absolute Gasteiger partial charge is 0.233 e. The Hall–Kier alpha value is -2.64. The summed E-state index contributed by atoms with van der Waals surface area (Å²) in [5, 5.41) is 10.5. The molecule has 26 heavy (non-hydrogen) atoms. The van der Waals surface area contributed by atoms with Gasteiger partial charge in [-0.1, -0.05) is 12.2 Å². The first-order valence-electron chi connectivity index (χ1n) is 9.04. The van der Waals surface area contributed by atoms with E-state index in [2.05, 4.69) is 32.9 Å². The maximum atomic E-state index is 12.6. The number of imide groups is 1. The summed E-state index contributed by atoms with van der Waals surface area (Å²) in [6.45, 7) is 1.46. The summed E-state index contributed by atoms with van der Waals surface area (Å²) in [6, 6.07) is 0. The minimum absolute atomic E-state index is 0.00282. The van der Waals surface area contributed by atoms with Crippen LogP contribution in [0.25, 0.3) is 0 Å². The van der Waals surface area contributed by atoms with Crippen molar-refractivity contribution in [2.24, 2.45) is 35.7 Å². The van der Waals surface area contributed by atoms with E-state index in [1.54, 1.807) is 17.9 Å². The third-order valence-corrected chi connectivity index (χ3v) is 5.63. The van der Waals surface area contributed by atoms with E-state index in [4.69, 9.17) is 0 Å². The molecule has 0 aromatic carbocycles. The fraction of sp³-hybridized carbons (Fsp3) is 0.556. The van der Waals surface area contributed by atoms with Crippen molar-refractivity contribution in [3.05, 3.63) is 30.1 Å². The van der Waals surface area contributed by atoms with E-state index in [9.17, 15) is 9.59 Å². The number of guanidine groups is 1. The van der Waals surface area contributed by atoms with Crippen LogP contribution in [0.2, 0.25) is 0 Å². The lowest BCUT2D eigenvalue weighted by Crippen LogP contribution is -2.43. The molecule has 2 fully saturated rings. The Balaban J connectivity index is 1.28. The van der Waals surface area contributed by atoms with Crippen LogP contribution in [-0.2, 0) is 23.2 Å². The normalized spacial score (nSPS) is 29.6. The number of aryl methyl sites for hydroxylation is 1. The highest BCUT2D eigenvalue weighted by atomic mass is 16.2. The van der Waals surface area contributed by atoms with Gasteiger partial charge in [-0.05, 0) is 18.3 Å². The molecule has 1 aliphatic heterocycles. The SMILES string of the molecule is CN=C(NCCN1C(=O)C2C3C=CC(C3)C2C1=O)NCc1cnn(C)c1. The maximum absolute atomic E-state index is 12.6. The van der Waals surface area contributed by atoms with Gasteiger partial charge in [-0.2, -0.15) is 5.10 Å². The first-order chi connectivity index (χ1) is 12.6. The molecule has 2 bridgehead atoms. The summed E-state index contributed by atoms with van der Waals surface area (Å²) >= 11 is 0. The molecule has 1 aromatic heterocycles. The van der Waals surface area contributed by atoms with Crippen LogP contribution in [0.5, 0.6) is 0 Å². The van der Waals surface area contributed by atoms with Crippen molar-refractivity contribution in [3.63, 3.8) is 0 Å². The Morgan fingerprint density at radius 1 is 1.23 bits per heavy atom. The number of fused-ring (bicyclic) bond motifs is 5. The van der Waals surface area contributed by atoms with E-state index in [1.807, 2.05) is 13.2 Å². The number of aromatic nitrogens is 2. The van der Waals surface area contributed by atoms with Gasteiger partial charge in [0.15, 0.2) is 5.96 Å². The predicted octanol–water partition coefficient (Wildman–Crippen LogP) is -0.108. The maximum Gasteiger partial charge on any atom is 0.233 e. The molecule has 1 saturated carbocycles. The number of carbonyl (C=O) groups excluding carboxylic acids is 2. The fourth-order valence-electron chi connectivity index (χ4n) is 4.44. The lowest BCUT2D eigenvalue weighted by atomic mass is 9.85. The Morgan fingerprint density at radius 2 is 1.92 bits per heavy atom. The average Bonchev–Trinajstić information content (AvgIpc) is 3.38. The van der Waals surface area contributed by atoms with Gasteiger partial charge in [-0.15, -0.1) is 0 Å². The first-order valence-corrected chi connectivity index (χ1v) is 9.04. The number of hydrogen-bond acceptors (Lipinski definition) is 4.